The van der Waals surface area contributed by atoms with E-state index in [4.69, 9.17) is 0 Å². The van der Waals surface area contributed by atoms with Crippen molar-refractivity contribution >= 4 is 29.1 Å². The van der Waals surface area contributed by atoms with Crippen molar-refractivity contribution in [3.63, 3.8) is 0 Å². The van der Waals surface area contributed by atoms with Gasteiger partial charge in [0.05, 0.1) is 17.2 Å². The predicted molar refractivity (Wildman–Crippen MR) is 112 cm³/mol. The average Bonchev–Trinajstić information content (AvgIpc) is 3.36. The van der Waals surface area contributed by atoms with Crippen molar-refractivity contribution in [3.05, 3.63) is 93.7 Å². The number of imide groups is 1. The Morgan fingerprint density at radius 1 is 0.897 bits per heavy atom. The summed E-state index contributed by atoms with van der Waals surface area (Å²) in [6.07, 6.45) is 0.658. The molecule has 3 amide bonds. The van der Waals surface area contributed by atoms with Crippen molar-refractivity contribution in [2.45, 2.75) is 18.9 Å². The highest BCUT2D eigenvalue weighted by atomic mass is 32.1. The van der Waals surface area contributed by atoms with Crippen LogP contribution in [-0.2, 0) is 4.79 Å². The van der Waals surface area contributed by atoms with Crippen LogP contribution in [0.25, 0.3) is 0 Å². The Kier molecular flexibility index (Phi) is 5.53. The van der Waals surface area contributed by atoms with E-state index in [1.807, 2.05) is 47.8 Å². The third kappa shape index (κ3) is 3.98. The molecular formula is C23H20N2O3S. The van der Waals surface area contributed by atoms with Crippen LogP contribution in [0.2, 0.25) is 0 Å². The second-order valence-electron chi connectivity index (χ2n) is 6.84. The molecule has 0 fully saturated rings. The molecule has 4 rings (SSSR count). The molecule has 0 saturated carbocycles. The minimum Gasteiger partial charge on any atom is -0.344 e. The largest absolute Gasteiger partial charge is 0.344 e. The Balaban J connectivity index is 1.36. The van der Waals surface area contributed by atoms with Gasteiger partial charge in [0.15, 0.2) is 0 Å². The molecule has 6 heteroatoms. The first-order chi connectivity index (χ1) is 14.1. The second kappa shape index (κ2) is 8.41. The van der Waals surface area contributed by atoms with Gasteiger partial charge in [-0.15, -0.1) is 11.3 Å². The van der Waals surface area contributed by atoms with E-state index in [1.54, 1.807) is 35.6 Å². The Morgan fingerprint density at radius 2 is 1.55 bits per heavy atom. The molecule has 0 spiro atoms. The van der Waals surface area contributed by atoms with E-state index >= 15 is 0 Å². The van der Waals surface area contributed by atoms with E-state index in [1.165, 1.54) is 4.90 Å². The topological polar surface area (TPSA) is 66.5 Å². The molecule has 1 aliphatic rings. The molecule has 0 saturated heterocycles. The Morgan fingerprint density at radius 3 is 2.17 bits per heavy atom. The van der Waals surface area contributed by atoms with Crippen LogP contribution in [0, 0.1) is 0 Å². The quantitative estimate of drug-likeness (QED) is 0.605. The summed E-state index contributed by atoms with van der Waals surface area (Å²) in [5.74, 6) is -0.678. The number of hydrogen-bond acceptors (Lipinski definition) is 4. The fourth-order valence-electron chi connectivity index (χ4n) is 3.49. The minimum absolute atomic E-state index is 0.108. The van der Waals surface area contributed by atoms with Gasteiger partial charge in [-0.05, 0) is 35.6 Å². The van der Waals surface area contributed by atoms with Crippen LogP contribution in [0.3, 0.4) is 0 Å². The Hall–Kier alpha value is -3.25. The van der Waals surface area contributed by atoms with Gasteiger partial charge in [-0.1, -0.05) is 48.5 Å². The number of nitrogens with one attached hydrogen (secondary N) is 1. The fourth-order valence-corrected chi connectivity index (χ4v) is 4.30. The second-order valence-corrected chi connectivity index (χ2v) is 7.82. The number of amides is 3. The van der Waals surface area contributed by atoms with Crippen LogP contribution in [0.5, 0.6) is 0 Å². The van der Waals surface area contributed by atoms with E-state index in [0.717, 1.165) is 10.4 Å². The zero-order chi connectivity index (χ0) is 20.2. The summed E-state index contributed by atoms with van der Waals surface area (Å²) >= 11 is 1.59. The molecule has 3 aromatic rings. The number of rotatable bonds is 7. The third-order valence-corrected chi connectivity index (χ3v) is 5.87. The molecule has 0 aliphatic carbocycles. The van der Waals surface area contributed by atoms with Gasteiger partial charge < -0.3 is 5.32 Å². The van der Waals surface area contributed by atoms with Gasteiger partial charge >= 0.3 is 0 Å². The van der Waals surface area contributed by atoms with E-state index in [2.05, 4.69) is 5.32 Å². The number of carbonyl (C=O) groups is 3. The maximum absolute atomic E-state index is 12.6. The van der Waals surface area contributed by atoms with Crippen molar-refractivity contribution < 1.29 is 14.4 Å². The van der Waals surface area contributed by atoms with Crippen LogP contribution in [0.1, 0.15) is 50.0 Å². The molecule has 1 aromatic heterocycles. The lowest BCUT2D eigenvalue weighted by atomic mass is 10.1. The van der Waals surface area contributed by atoms with Crippen molar-refractivity contribution in [1.29, 1.82) is 0 Å². The van der Waals surface area contributed by atoms with Crippen molar-refractivity contribution in [2.75, 3.05) is 6.54 Å². The van der Waals surface area contributed by atoms with Gasteiger partial charge in [0.25, 0.3) is 11.8 Å². The molecule has 29 heavy (non-hydrogen) atoms. The molecule has 5 nitrogen and oxygen atoms in total. The molecule has 1 aliphatic heterocycles. The highest BCUT2D eigenvalue weighted by Crippen LogP contribution is 2.26. The van der Waals surface area contributed by atoms with Crippen molar-refractivity contribution in [1.82, 2.24) is 10.2 Å². The summed E-state index contributed by atoms with van der Waals surface area (Å²) in [6.45, 7) is 0.231. The lowest BCUT2D eigenvalue weighted by Crippen LogP contribution is -2.33. The summed E-state index contributed by atoms with van der Waals surface area (Å²) in [7, 11) is 0. The summed E-state index contributed by atoms with van der Waals surface area (Å²) < 4.78 is 0. The Labute approximate surface area is 173 Å². The van der Waals surface area contributed by atoms with E-state index < -0.39 is 0 Å². The molecule has 0 bridgehead atoms. The lowest BCUT2D eigenvalue weighted by Gasteiger charge is -2.19. The molecule has 1 unspecified atom stereocenters. The minimum atomic E-state index is -0.285. The van der Waals surface area contributed by atoms with Crippen molar-refractivity contribution in [2.24, 2.45) is 0 Å². The van der Waals surface area contributed by atoms with Gasteiger partial charge in [-0.2, -0.15) is 0 Å². The molecule has 1 atom stereocenters. The van der Waals surface area contributed by atoms with Crippen LogP contribution in [0.15, 0.2) is 72.1 Å². The summed E-state index contributed by atoms with van der Waals surface area (Å²) in [4.78, 5) is 39.7. The van der Waals surface area contributed by atoms with Gasteiger partial charge in [-0.25, -0.2) is 0 Å². The highest BCUT2D eigenvalue weighted by molar-refractivity contribution is 7.10. The van der Waals surface area contributed by atoms with Crippen LogP contribution in [-0.4, -0.2) is 29.2 Å². The zero-order valence-electron chi connectivity index (χ0n) is 15.7. The van der Waals surface area contributed by atoms with Gasteiger partial charge in [-0.3, -0.25) is 19.3 Å². The SMILES string of the molecule is O=C(CCCN1C(=O)c2ccccc2C1=O)NC(c1ccccc1)c1cccs1. The van der Waals surface area contributed by atoms with E-state index in [0.29, 0.717) is 17.5 Å². The predicted octanol–water partition coefficient (Wildman–Crippen LogP) is 4.03. The summed E-state index contributed by atoms with van der Waals surface area (Å²) in [5, 5.41) is 5.07. The highest BCUT2D eigenvalue weighted by Gasteiger charge is 2.34. The van der Waals surface area contributed by atoms with Gasteiger partial charge in [0.1, 0.15) is 0 Å². The number of carbonyl (C=O) groups excluding carboxylic acids is 3. The molecule has 2 aromatic carbocycles. The first-order valence-corrected chi connectivity index (χ1v) is 10.4. The standard InChI is InChI=1S/C23H20N2O3S/c26-20(24-21(19-12-7-15-29-19)16-8-2-1-3-9-16)13-6-14-25-22(27)17-10-4-5-11-18(17)23(25)28/h1-5,7-12,15,21H,6,13-14H2,(H,24,26). The van der Waals surface area contributed by atoms with Crippen LogP contribution in [0.4, 0.5) is 0 Å². The van der Waals surface area contributed by atoms with Crippen LogP contribution >= 0.6 is 11.3 Å². The number of benzene rings is 2. The molecule has 146 valence electrons. The Bertz CT molecular complexity index is 996. The maximum Gasteiger partial charge on any atom is 0.261 e. The van der Waals surface area contributed by atoms with Crippen molar-refractivity contribution in [3.8, 4) is 0 Å². The third-order valence-electron chi connectivity index (χ3n) is 4.93. The van der Waals surface area contributed by atoms with Crippen LogP contribution < -0.4 is 5.32 Å². The van der Waals surface area contributed by atoms with E-state index in [-0.39, 0.29) is 36.7 Å². The molecule has 1 N–H and O–H groups in total. The summed E-state index contributed by atoms with van der Waals surface area (Å²) in [5.41, 5.74) is 1.89. The average molecular weight is 404 g/mol. The van der Waals surface area contributed by atoms with Gasteiger partial charge in [0, 0.05) is 17.8 Å². The smallest absolute Gasteiger partial charge is 0.261 e. The lowest BCUT2D eigenvalue weighted by molar-refractivity contribution is -0.121. The van der Waals surface area contributed by atoms with E-state index in [9.17, 15) is 14.4 Å². The number of fused-ring (bicyclic) bond motifs is 1. The normalized spacial score (nSPS) is 14.0. The number of hydrogen-bond donors (Lipinski definition) is 1. The maximum atomic E-state index is 12.6. The fraction of sp³-hybridized carbons (Fsp3) is 0.174. The molecular weight excluding hydrogens is 384 g/mol. The summed E-state index contributed by atoms with van der Waals surface area (Å²) in [6, 6.07) is 20.4. The number of nitrogens with zero attached hydrogens (tertiary/aromatic N) is 1. The number of thiophene rings is 1. The molecule has 0 radical (unpaired) electrons. The monoisotopic (exact) mass is 404 g/mol. The molecule has 2 heterocycles. The first kappa shape index (κ1) is 19.1. The zero-order valence-corrected chi connectivity index (χ0v) is 16.5. The first-order valence-electron chi connectivity index (χ1n) is 9.48. The van der Waals surface area contributed by atoms with Gasteiger partial charge in [0.2, 0.25) is 5.91 Å².